The van der Waals surface area contributed by atoms with Gasteiger partial charge in [-0.15, -0.1) is 0 Å². The van der Waals surface area contributed by atoms with Crippen molar-refractivity contribution in [1.29, 1.82) is 0 Å². The molecule has 0 spiro atoms. The molecule has 1 fully saturated rings. The van der Waals surface area contributed by atoms with Gasteiger partial charge in [-0.1, -0.05) is 65.4 Å². The van der Waals surface area contributed by atoms with E-state index in [9.17, 15) is 9.59 Å². The highest BCUT2D eigenvalue weighted by Crippen LogP contribution is 2.39. The maximum atomic E-state index is 13.3. The molecule has 7 nitrogen and oxygen atoms in total. The minimum Gasteiger partial charge on any atom is -0.454 e. The third kappa shape index (κ3) is 4.63. The molecule has 190 valence electrons. The molecule has 2 amide bonds. The Labute approximate surface area is 236 Å². The Kier molecular flexibility index (Phi) is 6.53. The molecule has 1 aromatic heterocycles. The summed E-state index contributed by atoms with van der Waals surface area (Å²) in [6.45, 7) is 0.240. The van der Waals surface area contributed by atoms with Gasteiger partial charge in [-0.2, -0.15) is 0 Å². The molecule has 2 aliphatic heterocycles. The Morgan fingerprint density at radius 3 is 2.71 bits per heavy atom. The minimum absolute atomic E-state index is 0.0764. The van der Waals surface area contributed by atoms with Gasteiger partial charge >= 0.3 is 0 Å². The highest BCUT2D eigenvalue weighted by molar-refractivity contribution is 8.27. The van der Waals surface area contributed by atoms with Crippen LogP contribution in [0.2, 0.25) is 10.0 Å². The molecular weight excluding hydrogens is 565 g/mol. The Hall–Kier alpha value is -3.50. The lowest BCUT2D eigenvalue weighted by molar-refractivity contribution is -0.116. The predicted molar refractivity (Wildman–Crippen MR) is 155 cm³/mol. The van der Waals surface area contributed by atoms with Crippen LogP contribution in [0.4, 0.5) is 11.4 Å². The third-order valence-corrected chi connectivity index (χ3v) is 8.07. The van der Waals surface area contributed by atoms with Crippen LogP contribution in [-0.4, -0.2) is 27.5 Å². The average molecular weight is 582 g/mol. The summed E-state index contributed by atoms with van der Waals surface area (Å²) in [6.07, 6.45) is 3.65. The van der Waals surface area contributed by atoms with Gasteiger partial charge < -0.3 is 19.4 Å². The second-order valence-electron chi connectivity index (χ2n) is 8.46. The van der Waals surface area contributed by atoms with Crippen LogP contribution < -0.4 is 19.7 Å². The molecule has 3 aromatic carbocycles. The number of amides is 2. The number of carbonyl (C=O) groups excluding carboxylic acids is 2. The lowest BCUT2D eigenvalue weighted by Crippen LogP contribution is -2.27. The average Bonchev–Trinajstić information content (AvgIpc) is 3.57. The number of fused-ring (bicyclic) bond motifs is 2. The van der Waals surface area contributed by atoms with Crippen molar-refractivity contribution in [1.82, 2.24) is 4.57 Å². The molecule has 0 saturated carbocycles. The Bertz CT molecular complexity index is 1680. The zero-order chi connectivity index (χ0) is 26.4. The first-order chi connectivity index (χ1) is 18.4. The number of hydrogen-bond donors (Lipinski definition) is 1. The van der Waals surface area contributed by atoms with Crippen molar-refractivity contribution in [2.24, 2.45) is 0 Å². The first kappa shape index (κ1) is 24.8. The normalized spacial score (nSPS) is 15.6. The molecular formula is C27H17Cl2N3O4S2. The van der Waals surface area contributed by atoms with E-state index in [0.29, 0.717) is 42.1 Å². The smallest absolute Gasteiger partial charge is 0.270 e. The maximum absolute atomic E-state index is 13.3. The summed E-state index contributed by atoms with van der Waals surface area (Å²) < 4.78 is 13.0. The standard InChI is InChI=1S/C27H17Cl2N3O4S2/c28-19-7-6-17(11-20(19)29)32-26(34)24(38-27(32)37)9-15-12-31(21-4-2-1-3-18(15)21)13-25(33)30-16-5-8-22-23(10-16)36-14-35-22/h1-12H,13-14H2,(H,30,33)/b24-9+. The number of halogens is 2. The van der Waals surface area contributed by atoms with E-state index >= 15 is 0 Å². The summed E-state index contributed by atoms with van der Waals surface area (Å²) in [5.41, 5.74) is 2.82. The molecule has 38 heavy (non-hydrogen) atoms. The number of anilines is 2. The van der Waals surface area contributed by atoms with Crippen molar-refractivity contribution in [3.05, 3.63) is 87.4 Å². The number of thiocarbonyl (C=S) groups is 1. The highest BCUT2D eigenvalue weighted by Gasteiger charge is 2.34. The van der Waals surface area contributed by atoms with Crippen molar-refractivity contribution in [2.75, 3.05) is 17.0 Å². The van der Waals surface area contributed by atoms with Crippen molar-refractivity contribution in [3.63, 3.8) is 0 Å². The van der Waals surface area contributed by atoms with Gasteiger partial charge in [0.15, 0.2) is 15.8 Å². The van der Waals surface area contributed by atoms with E-state index in [-0.39, 0.29) is 25.2 Å². The largest absolute Gasteiger partial charge is 0.454 e. The summed E-state index contributed by atoms with van der Waals surface area (Å²) in [4.78, 5) is 28.1. The van der Waals surface area contributed by atoms with E-state index in [1.807, 2.05) is 35.0 Å². The lowest BCUT2D eigenvalue weighted by Gasteiger charge is -2.15. The van der Waals surface area contributed by atoms with Gasteiger partial charge in [0.05, 0.1) is 20.6 Å². The number of rotatable bonds is 5. The van der Waals surface area contributed by atoms with Gasteiger partial charge in [0.2, 0.25) is 12.7 Å². The second-order valence-corrected chi connectivity index (χ2v) is 11.0. The molecule has 0 unspecified atom stereocenters. The van der Waals surface area contributed by atoms with E-state index in [2.05, 4.69) is 5.32 Å². The number of thioether (sulfide) groups is 1. The SMILES string of the molecule is O=C(Cn1cc(/C=C2/SC(=S)N(c3ccc(Cl)c(Cl)c3)C2=O)c2ccccc21)Nc1ccc2c(c1)OCO2. The number of nitrogens with zero attached hydrogens (tertiary/aromatic N) is 2. The summed E-state index contributed by atoms with van der Waals surface area (Å²) in [7, 11) is 0. The zero-order valence-corrected chi connectivity index (χ0v) is 22.6. The number of benzene rings is 3. The Balaban J connectivity index is 1.26. The predicted octanol–water partition coefficient (Wildman–Crippen LogP) is 6.72. The van der Waals surface area contributed by atoms with Crippen molar-refractivity contribution < 1.29 is 19.1 Å². The van der Waals surface area contributed by atoms with Crippen LogP contribution >= 0.6 is 47.2 Å². The summed E-state index contributed by atoms with van der Waals surface area (Å²) in [5.74, 6) is 0.779. The fraction of sp³-hybridized carbons (Fsp3) is 0.0741. The molecule has 1 N–H and O–H groups in total. The first-order valence-corrected chi connectivity index (χ1v) is 13.4. The number of aromatic nitrogens is 1. The Morgan fingerprint density at radius 1 is 1.05 bits per heavy atom. The number of nitrogens with one attached hydrogen (secondary N) is 1. The van der Waals surface area contributed by atoms with E-state index in [1.165, 1.54) is 16.7 Å². The topological polar surface area (TPSA) is 72.8 Å². The molecule has 0 radical (unpaired) electrons. The van der Waals surface area contributed by atoms with Crippen molar-refractivity contribution in [2.45, 2.75) is 6.54 Å². The molecule has 0 aliphatic carbocycles. The minimum atomic E-state index is -0.254. The fourth-order valence-corrected chi connectivity index (χ4v) is 5.89. The summed E-state index contributed by atoms with van der Waals surface area (Å²) in [6, 6.07) is 17.9. The van der Waals surface area contributed by atoms with Crippen LogP contribution in [0.1, 0.15) is 5.56 Å². The van der Waals surface area contributed by atoms with Crippen LogP contribution in [0, 0.1) is 0 Å². The van der Waals surface area contributed by atoms with Gasteiger partial charge in [-0.3, -0.25) is 14.5 Å². The zero-order valence-electron chi connectivity index (χ0n) is 19.4. The quantitative estimate of drug-likeness (QED) is 0.208. The molecule has 0 atom stereocenters. The van der Waals surface area contributed by atoms with Crippen LogP contribution in [0.25, 0.3) is 17.0 Å². The van der Waals surface area contributed by atoms with Crippen LogP contribution in [0.15, 0.2) is 71.8 Å². The highest BCUT2D eigenvalue weighted by atomic mass is 35.5. The van der Waals surface area contributed by atoms with E-state index in [0.717, 1.165) is 16.5 Å². The number of ether oxygens (including phenoxy) is 2. The Morgan fingerprint density at radius 2 is 1.87 bits per heavy atom. The molecule has 1 saturated heterocycles. The van der Waals surface area contributed by atoms with Crippen LogP contribution in [-0.2, 0) is 16.1 Å². The molecule has 4 aromatic rings. The molecule has 6 rings (SSSR count). The van der Waals surface area contributed by atoms with Gasteiger partial charge in [-0.05, 0) is 42.5 Å². The number of hydrogen-bond acceptors (Lipinski definition) is 6. The van der Waals surface area contributed by atoms with Gasteiger partial charge in [0, 0.05) is 34.4 Å². The number of para-hydroxylation sites is 1. The maximum Gasteiger partial charge on any atom is 0.270 e. The van der Waals surface area contributed by atoms with Gasteiger partial charge in [-0.25, -0.2) is 0 Å². The van der Waals surface area contributed by atoms with Crippen LogP contribution in [0.3, 0.4) is 0 Å². The molecule has 11 heteroatoms. The van der Waals surface area contributed by atoms with E-state index in [4.69, 9.17) is 44.9 Å². The number of carbonyl (C=O) groups is 2. The first-order valence-electron chi connectivity index (χ1n) is 11.4. The van der Waals surface area contributed by atoms with Crippen molar-refractivity contribution >= 4 is 91.7 Å². The third-order valence-electron chi connectivity index (χ3n) is 6.03. The molecule has 3 heterocycles. The lowest BCUT2D eigenvalue weighted by atomic mass is 10.1. The fourth-order valence-electron chi connectivity index (χ4n) is 4.31. The summed E-state index contributed by atoms with van der Waals surface area (Å²) >= 11 is 18.9. The molecule has 2 aliphatic rings. The monoisotopic (exact) mass is 581 g/mol. The van der Waals surface area contributed by atoms with Crippen LogP contribution in [0.5, 0.6) is 11.5 Å². The van der Waals surface area contributed by atoms with E-state index in [1.54, 1.807) is 42.5 Å². The summed E-state index contributed by atoms with van der Waals surface area (Å²) in [5, 5.41) is 4.54. The van der Waals surface area contributed by atoms with Crippen molar-refractivity contribution in [3.8, 4) is 11.5 Å². The second kappa shape index (κ2) is 9.99. The van der Waals surface area contributed by atoms with Gasteiger partial charge in [0.1, 0.15) is 6.54 Å². The molecule has 0 bridgehead atoms. The van der Waals surface area contributed by atoms with E-state index < -0.39 is 0 Å². The van der Waals surface area contributed by atoms with Gasteiger partial charge in [0.25, 0.3) is 5.91 Å².